The SMILES string of the molecule is CC12CN(NC=O)C3(C#N)CC1CCC23C. The average Bonchev–Trinajstić information content (AvgIpc) is 2.69. The van der Waals surface area contributed by atoms with E-state index in [1.165, 1.54) is 6.42 Å². The van der Waals surface area contributed by atoms with Crippen molar-refractivity contribution in [3.63, 3.8) is 0 Å². The van der Waals surface area contributed by atoms with Crippen molar-refractivity contribution in [3.8, 4) is 6.07 Å². The first kappa shape index (κ1) is 10.1. The molecule has 1 aliphatic heterocycles. The standard InChI is InChI=1S/C12H17N3O/c1-10-7-15(14-8-16)12(6-13)5-9(10)3-4-11(10,12)2/h8-9H,3-5,7H2,1-2H3,(H,14,16). The first-order chi connectivity index (χ1) is 7.54. The van der Waals surface area contributed by atoms with Crippen LogP contribution < -0.4 is 5.43 Å². The molecule has 16 heavy (non-hydrogen) atoms. The molecule has 2 aliphatic carbocycles. The molecule has 0 aromatic heterocycles. The number of amides is 1. The Morgan fingerprint density at radius 2 is 2.31 bits per heavy atom. The van der Waals surface area contributed by atoms with Crippen LogP contribution in [0.2, 0.25) is 0 Å². The number of carbonyl (C=O) groups is 1. The van der Waals surface area contributed by atoms with E-state index in [0.29, 0.717) is 12.3 Å². The van der Waals surface area contributed by atoms with Crippen LogP contribution in [0.1, 0.15) is 33.1 Å². The molecule has 0 aromatic carbocycles. The lowest BCUT2D eigenvalue weighted by Gasteiger charge is -2.42. The lowest BCUT2D eigenvalue weighted by Crippen LogP contribution is -2.57. The lowest BCUT2D eigenvalue weighted by atomic mass is 9.66. The Balaban J connectivity index is 2.12. The highest BCUT2D eigenvalue weighted by Gasteiger charge is 2.78. The summed E-state index contributed by atoms with van der Waals surface area (Å²) in [5.41, 5.74) is 2.50. The molecule has 0 aromatic rings. The second-order valence-corrected chi connectivity index (χ2v) is 5.99. The molecule has 1 amide bonds. The monoisotopic (exact) mass is 219 g/mol. The number of hydrogen-bond donors (Lipinski definition) is 1. The third-order valence-electron chi connectivity index (χ3n) is 5.95. The quantitative estimate of drug-likeness (QED) is 0.706. The van der Waals surface area contributed by atoms with Gasteiger partial charge in [0.05, 0.1) is 6.07 Å². The van der Waals surface area contributed by atoms with Gasteiger partial charge >= 0.3 is 0 Å². The van der Waals surface area contributed by atoms with E-state index in [9.17, 15) is 10.1 Å². The van der Waals surface area contributed by atoms with Crippen molar-refractivity contribution in [2.75, 3.05) is 6.54 Å². The van der Waals surface area contributed by atoms with Gasteiger partial charge in [-0.2, -0.15) is 5.26 Å². The number of hydrazine groups is 1. The minimum atomic E-state index is -0.467. The molecule has 4 bridgehead atoms. The molecule has 2 saturated carbocycles. The van der Waals surface area contributed by atoms with Gasteiger partial charge in [-0.3, -0.25) is 10.2 Å². The van der Waals surface area contributed by atoms with E-state index in [1.807, 2.05) is 5.01 Å². The summed E-state index contributed by atoms with van der Waals surface area (Å²) in [6, 6.07) is 2.51. The molecule has 4 nitrogen and oxygen atoms in total. The molecule has 4 unspecified atom stereocenters. The van der Waals surface area contributed by atoms with Gasteiger partial charge in [-0.05, 0) is 30.6 Å². The molecule has 4 atom stereocenters. The van der Waals surface area contributed by atoms with E-state index in [4.69, 9.17) is 0 Å². The van der Waals surface area contributed by atoms with Gasteiger partial charge in [-0.25, -0.2) is 5.01 Å². The fraction of sp³-hybridized carbons (Fsp3) is 0.833. The minimum absolute atomic E-state index is 0.0371. The molecule has 1 N–H and O–H groups in total. The summed E-state index contributed by atoms with van der Waals surface area (Å²) in [7, 11) is 0. The average molecular weight is 219 g/mol. The van der Waals surface area contributed by atoms with Crippen LogP contribution in [0.5, 0.6) is 0 Å². The lowest BCUT2D eigenvalue weighted by molar-refractivity contribution is -0.116. The Bertz CT molecular complexity index is 404. The van der Waals surface area contributed by atoms with Crippen LogP contribution in [0.25, 0.3) is 0 Å². The van der Waals surface area contributed by atoms with Gasteiger partial charge < -0.3 is 0 Å². The molecule has 0 radical (unpaired) electrons. The number of nitrogens with zero attached hydrogens (tertiary/aromatic N) is 2. The van der Waals surface area contributed by atoms with Crippen LogP contribution in [0.4, 0.5) is 0 Å². The van der Waals surface area contributed by atoms with Crippen molar-refractivity contribution in [1.82, 2.24) is 10.4 Å². The number of hydrogen-bond acceptors (Lipinski definition) is 3. The highest BCUT2D eigenvalue weighted by molar-refractivity contribution is 5.47. The first-order valence-corrected chi connectivity index (χ1v) is 5.93. The maximum absolute atomic E-state index is 10.6. The number of rotatable bonds is 2. The van der Waals surface area contributed by atoms with Crippen LogP contribution >= 0.6 is 0 Å². The largest absolute Gasteiger partial charge is 0.290 e. The second-order valence-electron chi connectivity index (χ2n) is 5.99. The minimum Gasteiger partial charge on any atom is -0.290 e. The molecule has 3 rings (SSSR count). The van der Waals surface area contributed by atoms with Gasteiger partial charge in [0.1, 0.15) is 5.54 Å². The predicted molar refractivity (Wildman–Crippen MR) is 57.8 cm³/mol. The van der Waals surface area contributed by atoms with Gasteiger partial charge in [0.15, 0.2) is 0 Å². The zero-order valence-corrected chi connectivity index (χ0v) is 9.79. The fourth-order valence-electron chi connectivity index (χ4n) is 4.73. The summed E-state index contributed by atoms with van der Waals surface area (Å²) in [5.74, 6) is 0.654. The summed E-state index contributed by atoms with van der Waals surface area (Å²) < 4.78 is 0. The van der Waals surface area contributed by atoms with Crippen molar-refractivity contribution < 1.29 is 4.79 Å². The van der Waals surface area contributed by atoms with E-state index < -0.39 is 5.54 Å². The zero-order chi connectivity index (χ0) is 11.6. The first-order valence-electron chi connectivity index (χ1n) is 5.93. The normalized spacial score (nSPS) is 53.9. The molecule has 0 spiro atoms. The van der Waals surface area contributed by atoms with Crippen LogP contribution in [-0.2, 0) is 4.79 Å². The van der Waals surface area contributed by atoms with Crippen molar-refractivity contribution >= 4 is 6.41 Å². The van der Waals surface area contributed by atoms with Gasteiger partial charge in [0, 0.05) is 12.0 Å². The smallest absolute Gasteiger partial charge is 0.221 e. The van der Waals surface area contributed by atoms with Crippen LogP contribution in [0, 0.1) is 28.1 Å². The van der Waals surface area contributed by atoms with E-state index in [2.05, 4.69) is 25.3 Å². The van der Waals surface area contributed by atoms with Crippen LogP contribution in [0.3, 0.4) is 0 Å². The van der Waals surface area contributed by atoms with Crippen LogP contribution in [-0.4, -0.2) is 23.5 Å². The van der Waals surface area contributed by atoms with Gasteiger partial charge in [-0.15, -0.1) is 0 Å². The predicted octanol–water partition coefficient (Wildman–Crippen LogP) is 1.05. The van der Waals surface area contributed by atoms with Crippen molar-refractivity contribution in [1.29, 1.82) is 5.26 Å². The highest BCUT2D eigenvalue weighted by atomic mass is 16.1. The Labute approximate surface area is 95.6 Å². The Hall–Kier alpha value is -1.08. The summed E-state index contributed by atoms with van der Waals surface area (Å²) in [6.07, 6.45) is 3.96. The van der Waals surface area contributed by atoms with Gasteiger partial charge in [-0.1, -0.05) is 13.8 Å². The Morgan fingerprint density at radius 3 is 2.88 bits per heavy atom. The highest BCUT2D eigenvalue weighted by Crippen LogP contribution is 2.75. The molecular weight excluding hydrogens is 202 g/mol. The summed E-state index contributed by atoms with van der Waals surface area (Å²) in [4.78, 5) is 10.6. The van der Waals surface area contributed by atoms with Crippen molar-refractivity contribution in [2.45, 2.75) is 38.6 Å². The third kappa shape index (κ3) is 0.708. The van der Waals surface area contributed by atoms with E-state index in [-0.39, 0.29) is 10.8 Å². The van der Waals surface area contributed by atoms with E-state index >= 15 is 0 Å². The number of piperidine rings is 1. The van der Waals surface area contributed by atoms with E-state index in [0.717, 1.165) is 19.4 Å². The van der Waals surface area contributed by atoms with Crippen molar-refractivity contribution in [2.24, 2.45) is 16.7 Å². The molecular formula is C12H17N3O. The number of carbonyl (C=O) groups excluding carboxylic acids is 1. The molecule has 3 aliphatic rings. The maximum Gasteiger partial charge on any atom is 0.221 e. The molecule has 1 heterocycles. The Kier molecular flexibility index (Phi) is 1.64. The summed E-state index contributed by atoms with van der Waals surface area (Å²) in [6.45, 7) is 5.34. The second kappa shape index (κ2) is 2.60. The maximum atomic E-state index is 10.6. The van der Waals surface area contributed by atoms with E-state index in [1.54, 1.807) is 0 Å². The molecule has 86 valence electrons. The zero-order valence-electron chi connectivity index (χ0n) is 9.79. The van der Waals surface area contributed by atoms with Crippen LogP contribution in [0.15, 0.2) is 0 Å². The molecule has 1 saturated heterocycles. The number of nitrogens with one attached hydrogen (secondary N) is 1. The van der Waals surface area contributed by atoms with Crippen molar-refractivity contribution in [3.05, 3.63) is 0 Å². The third-order valence-corrected chi connectivity index (χ3v) is 5.95. The van der Waals surface area contributed by atoms with Gasteiger partial charge in [0.25, 0.3) is 0 Å². The summed E-state index contributed by atoms with van der Waals surface area (Å²) in [5, 5.41) is 11.5. The Morgan fingerprint density at radius 1 is 1.56 bits per heavy atom. The molecule has 3 fully saturated rings. The number of nitriles is 1. The summed E-state index contributed by atoms with van der Waals surface area (Å²) >= 11 is 0. The fourth-order valence-corrected chi connectivity index (χ4v) is 4.73. The van der Waals surface area contributed by atoms with Gasteiger partial charge in [0.2, 0.25) is 6.41 Å². The topological polar surface area (TPSA) is 56.1 Å². The molecule has 4 heteroatoms.